The smallest absolute Gasteiger partial charge is 0.223 e. The number of amides is 1. The van der Waals surface area contributed by atoms with Crippen molar-refractivity contribution in [2.75, 3.05) is 14.2 Å². The van der Waals surface area contributed by atoms with Gasteiger partial charge in [0.1, 0.15) is 6.10 Å². The van der Waals surface area contributed by atoms with E-state index in [2.05, 4.69) is 23.6 Å². The minimum Gasteiger partial charge on any atom is -0.374 e. The van der Waals surface area contributed by atoms with Crippen LogP contribution in [0.4, 0.5) is 0 Å². The Balaban J connectivity index is 1.98. The third kappa shape index (κ3) is 2.61. The van der Waals surface area contributed by atoms with E-state index in [1.807, 2.05) is 36.2 Å². The molecule has 3 atom stereocenters. The normalized spacial score (nSPS) is 23.5. The number of carbonyl (C=O) groups is 1. The molecule has 1 aliphatic rings. The molecule has 3 rings (SSSR count). The fourth-order valence-corrected chi connectivity index (χ4v) is 4.04. The van der Waals surface area contributed by atoms with E-state index in [0.717, 1.165) is 0 Å². The largest absolute Gasteiger partial charge is 0.374 e. The number of nitrogens with zero attached hydrogens (tertiary/aromatic N) is 1. The van der Waals surface area contributed by atoms with Gasteiger partial charge in [-0.05, 0) is 17.0 Å². The summed E-state index contributed by atoms with van der Waals surface area (Å²) in [4.78, 5) is 15.3. The first-order chi connectivity index (χ1) is 10.2. The van der Waals surface area contributed by atoms with Gasteiger partial charge >= 0.3 is 0 Å². The summed E-state index contributed by atoms with van der Waals surface area (Å²) in [5.74, 6) is 0.364. The topological polar surface area (TPSA) is 29.5 Å². The molecule has 2 aromatic rings. The standard InChI is InChI=1S/C17H19NO2S/c1-18-15(19)11-13(12-7-4-3-5-8-12)16(18)17(20-2)14-9-6-10-21-14/h3-10,13,16-17H,11H2,1-2H3/t13-,16-,17-/m1/s1. The lowest BCUT2D eigenvalue weighted by molar-refractivity contribution is -0.129. The molecule has 0 radical (unpaired) electrons. The summed E-state index contributed by atoms with van der Waals surface area (Å²) in [6.07, 6.45) is 0.475. The highest BCUT2D eigenvalue weighted by molar-refractivity contribution is 7.10. The fourth-order valence-electron chi connectivity index (χ4n) is 3.20. The highest BCUT2D eigenvalue weighted by atomic mass is 32.1. The van der Waals surface area contributed by atoms with E-state index in [1.165, 1.54) is 10.4 Å². The summed E-state index contributed by atoms with van der Waals surface area (Å²) >= 11 is 1.68. The summed E-state index contributed by atoms with van der Waals surface area (Å²) < 4.78 is 5.77. The molecule has 0 N–H and O–H groups in total. The summed E-state index contributed by atoms with van der Waals surface area (Å²) in [5.41, 5.74) is 1.21. The lowest BCUT2D eigenvalue weighted by Crippen LogP contribution is -2.37. The number of methoxy groups -OCH3 is 1. The van der Waals surface area contributed by atoms with E-state index in [9.17, 15) is 4.79 Å². The van der Waals surface area contributed by atoms with Crippen LogP contribution in [0.5, 0.6) is 0 Å². The quantitative estimate of drug-likeness (QED) is 0.865. The van der Waals surface area contributed by atoms with Crippen molar-refractivity contribution in [1.29, 1.82) is 0 Å². The minimum atomic E-state index is -0.0772. The summed E-state index contributed by atoms with van der Waals surface area (Å²) in [6, 6.07) is 14.4. The molecule has 0 unspecified atom stereocenters. The minimum absolute atomic E-state index is 0.0450. The van der Waals surface area contributed by atoms with Gasteiger partial charge in [0.15, 0.2) is 0 Å². The second-order valence-electron chi connectivity index (χ2n) is 5.39. The van der Waals surface area contributed by atoms with Crippen molar-refractivity contribution in [3.8, 4) is 0 Å². The van der Waals surface area contributed by atoms with Crippen LogP contribution in [0, 0.1) is 0 Å². The van der Waals surface area contributed by atoms with Crippen molar-refractivity contribution in [3.63, 3.8) is 0 Å². The van der Waals surface area contributed by atoms with Crippen molar-refractivity contribution in [1.82, 2.24) is 4.90 Å². The van der Waals surface area contributed by atoms with Crippen LogP contribution in [0.3, 0.4) is 0 Å². The number of ether oxygens (including phenoxy) is 1. The molecular weight excluding hydrogens is 282 g/mol. The Bertz CT molecular complexity index is 597. The predicted octanol–water partition coefficient (Wildman–Crippen LogP) is 3.45. The molecule has 3 nitrogen and oxygen atoms in total. The molecule has 1 amide bonds. The zero-order valence-electron chi connectivity index (χ0n) is 12.2. The number of hydrogen-bond donors (Lipinski definition) is 0. The van der Waals surface area contributed by atoms with Crippen LogP contribution >= 0.6 is 11.3 Å². The van der Waals surface area contributed by atoms with Crippen LogP contribution in [0.2, 0.25) is 0 Å². The lowest BCUT2D eigenvalue weighted by Gasteiger charge is -2.31. The van der Waals surface area contributed by atoms with Crippen LogP contribution in [0.15, 0.2) is 47.8 Å². The third-order valence-electron chi connectivity index (χ3n) is 4.26. The fraction of sp³-hybridized carbons (Fsp3) is 0.353. The van der Waals surface area contributed by atoms with Gasteiger partial charge in [-0.15, -0.1) is 11.3 Å². The van der Waals surface area contributed by atoms with Crippen LogP contribution in [0.25, 0.3) is 0 Å². The van der Waals surface area contributed by atoms with Crippen molar-refractivity contribution < 1.29 is 9.53 Å². The number of carbonyl (C=O) groups excluding carboxylic acids is 1. The molecule has 1 aromatic carbocycles. The Morgan fingerprint density at radius 3 is 2.62 bits per heavy atom. The van der Waals surface area contributed by atoms with E-state index in [0.29, 0.717) is 6.42 Å². The number of likely N-dealkylation sites (tertiary alicyclic amines) is 1. The second-order valence-corrected chi connectivity index (χ2v) is 6.37. The number of rotatable bonds is 4. The molecule has 1 aliphatic heterocycles. The van der Waals surface area contributed by atoms with Crippen molar-refractivity contribution in [2.45, 2.75) is 24.5 Å². The molecule has 0 saturated carbocycles. The molecule has 21 heavy (non-hydrogen) atoms. The van der Waals surface area contributed by atoms with Gasteiger partial charge in [-0.2, -0.15) is 0 Å². The van der Waals surface area contributed by atoms with Gasteiger partial charge in [0, 0.05) is 31.4 Å². The molecule has 4 heteroatoms. The molecule has 1 fully saturated rings. The molecule has 0 aliphatic carbocycles. The Kier molecular flexibility index (Phi) is 4.08. The Labute approximate surface area is 129 Å². The second kappa shape index (κ2) is 6.00. The summed E-state index contributed by atoms with van der Waals surface area (Å²) in [6.45, 7) is 0. The lowest BCUT2D eigenvalue weighted by atomic mass is 9.88. The van der Waals surface area contributed by atoms with Gasteiger partial charge in [0.05, 0.1) is 6.04 Å². The van der Waals surface area contributed by atoms with Crippen LogP contribution in [-0.4, -0.2) is 31.0 Å². The van der Waals surface area contributed by atoms with Gasteiger partial charge in [-0.3, -0.25) is 4.79 Å². The van der Waals surface area contributed by atoms with Crippen molar-refractivity contribution in [3.05, 3.63) is 58.3 Å². The van der Waals surface area contributed by atoms with Gasteiger partial charge < -0.3 is 9.64 Å². The molecular formula is C17H19NO2S. The Morgan fingerprint density at radius 2 is 2.00 bits per heavy atom. The monoisotopic (exact) mass is 301 g/mol. The van der Waals surface area contributed by atoms with E-state index in [-0.39, 0.29) is 24.0 Å². The number of thiophene rings is 1. The zero-order valence-corrected chi connectivity index (χ0v) is 13.0. The molecule has 110 valence electrons. The molecule has 1 aromatic heterocycles. The maximum atomic E-state index is 12.2. The summed E-state index contributed by atoms with van der Waals surface area (Å²) in [7, 11) is 3.61. The van der Waals surface area contributed by atoms with E-state index in [1.54, 1.807) is 18.4 Å². The average Bonchev–Trinajstić information content (AvgIpc) is 3.13. The van der Waals surface area contributed by atoms with Gasteiger partial charge in [-0.25, -0.2) is 0 Å². The van der Waals surface area contributed by atoms with Crippen LogP contribution in [0.1, 0.15) is 28.9 Å². The zero-order chi connectivity index (χ0) is 14.8. The molecule has 1 saturated heterocycles. The van der Waals surface area contributed by atoms with Crippen LogP contribution in [-0.2, 0) is 9.53 Å². The maximum Gasteiger partial charge on any atom is 0.223 e. The summed E-state index contributed by atoms with van der Waals surface area (Å²) in [5, 5.41) is 2.05. The highest BCUT2D eigenvalue weighted by Crippen LogP contribution is 2.42. The van der Waals surface area contributed by atoms with Gasteiger partial charge in [0.2, 0.25) is 5.91 Å². The van der Waals surface area contributed by atoms with Crippen molar-refractivity contribution >= 4 is 17.2 Å². The Morgan fingerprint density at radius 1 is 1.24 bits per heavy atom. The highest BCUT2D eigenvalue weighted by Gasteiger charge is 2.43. The maximum absolute atomic E-state index is 12.2. The SMILES string of the molecule is CO[C@H](c1cccs1)[C@H]1[C@@H](c2ccccc2)CC(=O)N1C. The molecule has 2 heterocycles. The van der Waals surface area contributed by atoms with E-state index < -0.39 is 0 Å². The first-order valence-corrected chi connectivity index (χ1v) is 7.97. The number of benzene rings is 1. The van der Waals surface area contributed by atoms with Crippen molar-refractivity contribution in [2.24, 2.45) is 0 Å². The van der Waals surface area contributed by atoms with Crippen LogP contribution < -0.4 is 0 Å². The van der Waals surface area contributed by atoms with Gasteiger partial charge in [0.25, 0.3) is 0 Å². The Hall–Kier alpha value is -1.65. The third-order valence-corrected chi connectivity index (χ3v) is 5.20. The molecule has 0 bridgehead atoms. The number of hydrogen-bond acceptors (Lipinski definition) is 3. The first kappa shape index (κ1) is 14.3. The molecule has 0 spiro atoms. The van der Waals surface area contributed by atoms with Gasteiger partial charge in [-0.1, -0.05) is 36.4 Å². The first-order valence-electron chi connectivity index (χ1n) is 7.09. The average molecular weight is 301 g/mol. The predicted molar refractivity (Wildman–Crippen MR) is 84.4 cm³/mol. The van der Waals surface area contributed by atoms with E-state index in [4.69, 9.17) is 4.74 Å². The number of likely N-dealkylation sites (N-methyl/N-ethyl adjacent to an activating group) is 1. The van der Waals surface area contributed by atoms with E-state index >= 15 is 0 Å².